The molecule has 0 saturated carbocycles. The van der Waals surface area contributed by atoms with Gasteiger partial charge in [-0.05, 0) is 55.0 Å². The molecule has 134 valence electrons. The van der Waals surface area contributed by atoms with E-state index in [4.69, 9.17) is 16.6 Å². The Morgan fingerprint density at radius 2 is 2.07 bits per heavy atom. The number of nitrogens with zero attached hydrogens (tertiary/aromatic N) is 2. The van der Waals surface area contributed by atoms with E-state index >= 15 is 0 Å². The smallest absolute Gasteiger partial charge is 0.336 e. The average Bonchev–Trinajstić information content (AvgIpc) is 3.15. The highest BCUT2D eigenvalue weighted by molar-refractivity contribution is 7.71. The molecule has 3 aromatic heterocycles. The van der Waals surface area contributed by atoms with Crippen LogP contribution < -0.4 is 5.56 Å². The van der Waals surface area contributed by atoms with E-state index in [0.717, 1.165) is 5.56 Å². The third-order valence-corrected chi connectivity index (χ3v) is 4.41. The number of H-pyrrole nitrogens is 1. The largest absolute Gasteiger partial charge is 0.478 e. The Hall–Kier alpha value is -3.52. The van der Waals surface area contributed by atoms with Crippen molar-refractivity contribution in [1.29, 1.82) is 0 Å². The Balaban J connectivity index is 2.20. The topological polar surface area (TPSA) is 101 Å². The number of fused-ring (bicyclic) bond motifs is 1. The summed E-state index contributed by atoms with van der Waals surface area (Å²) < 4.78 is 7.03. The zero-order valence-electron chi connectivity index (χ0n) is 14.1. The Kier molecular flexibility index (Phi) is 3.97. The van der Waals surface area contributed by atoms with Gasteiger partial charge in [-0.2, -0.15) is 0 Å². The maximum absolute atomic E-state index is 12.5. The summed E-state index contributed by atoms with van der Waals surface area (Å²) in [6, 6.07) is 12.1. The molecule has 4 rings (SSSR count). The summed E-state index contributed by atoms with van der Waals surface area (Å²) >= 11 is 5.34. The van der Waals surface area contributed by atoms with Gasteiger partial charge in [0, 0.05) is 0 Å². The summed E-state index contributed by atoms with van der Waals surface area (Å²) in [5.41, 5.74) is 1.32. The van der Waals surface area contributed by atoms with Crippen molar-refractivity contribution in [3.05, 3.63) is 75.0 Å². The van der Waals surface area contributed by atoms with E-state index in [-0.39, 0.29) is 21.4 Å². The molecular formula is C19H13N3O4S. The van der Waals surface area contributed by atoms with E-state index in [1.807, 2.05) is 31.2 Å². The lowest BCUT2D eigenvalue weighted by Gasteiger charge is -2.13. The van der Waals surface area contributed by atoms with Crippen LogP contribution in [0.1, 0.15) is 15.9 Å². The number of pyridine rings is 1. The van der Waals surface area contributed by atoms with E-state index in [1.54, 1.807) is 16.7 Å². The van der Waals surface area contributed by atoms with Gasteiger partial charge < -0.3 is 9.52 Å². The van der Waals surface area contributed by atoms with Crippen LogP contribution in [-0.2, 0) is 0 Å². The van der Waals surface area contributed by atoms with E-state index in [2.05, 4.69) is 9.97 Å². The second kappa shape index (κ2) is 6.33. The molecule has 4 aromatic rings. The molecule has 8 heteroatoms. The van der Waals surface area contributed by atoms with Crippen LogP contribution in [0.15, 0.2) is 57.9 Å². The maximum atomic E-state index is 12.5. The molecule has 0 saturated heterocycles. The van der Waals surface area contributed by atoms with E-state index in [0.29, 0.717) is 17.1 Å². The third kappa shape index (κ3) is 2.85. The van der Waals surface area contributed by atoms with Crippen LogP contribution in [-0.4, -0.2) is 25.6 Å². The zero-order chi connectivity index (χ0) is 19.1. The molecule has 3 heterocycles. The van der Waals surface area contributed by atoms with Crippen molar-refractivity contribution in [3.63, 3.8) is 0 Å². The van der Waals surface area contributed by atoms with Crippen molar-refractivity contribution in [1.82, 2.24) is 14.5 Å². The van der Waals surface area contributed by atoms with E-state index in [9.17, 15) is 14.7 Å². The minimum absolute atomic E-state index is 0.0482. The van der Waals surface area contributed by atoms with Gasteiger partial charge >= 0.3 is 5.97 Å². The number of rotatable bonds is 3. The summed E-state index contributed by atoms with van der Waals surface area (Å²) in [5, 5.41) is 9.61. The lowest BCUT2D eigenvalue weighted by molar-refractivity contribution is 0.0699. The van der Waals surface area contributed by atoms with Crippen LogP contribution in [0.4, 0.5) is 0 Å². The molecule has 0 atom stereocenters. The van der Waals surface area contributed by atoms with Crippen molar-refractivity contribution in [2.45, 2.75) is 6.92 Å². The number of carbonyl (C=O) groups is 1. The SMILES string of the molecule is Cc1cccc(-n2c(=S)[nH]c(=O)c3c(C(=O)O)cc(-c4ccco4)nc32)c1. The fourth-order valence-electron chi connectivity index (χ4n) is 2.95. The number of furan rings is 1. The van der Waals surface area contributed by atoms with Crippen molar-refractivity contribution >= 4 is 29.2 Å². The Morgan fingerprint density at radius 3 is 2.74 bits per heavy atom. The Morgan fingerprint density at radius 1 is 1.26 bits per heavy atom. The number of aromatic carboxylic acids is 1. The molecule has 0 unspecified atom stereocenters. The van der Waals surface area contributed by atoms with Crippen molar-refractivity contribution in [2.75, 3.05) is 0 Å². The quantitative estimate of drug-likeness (QED) is 0.526. The molecule has 0 spiro atoms. The van der Waals surface area contributed by atoms with Gasteiger partial charge in [-0.15, -0.1) is 0 Å². The second-order valence-corrected chi connectivity index (χ2v) is 6.36. The molecular weight excluding hydrogens is 366 g/mol. The molecule has 2 N–H and O–H groups in total. The average molecular weight is 379 g/mol. The molecule has 7 nitrogen and oxygen atoms in total. The van der Waals surface area contributed by atoms with Crippen LogP contribution >= 0.6 is 12.2 Å². The number of aryl methyl sites for hydroxylation is 1. The van der Waals surface area contributed by atoms with E-state index < -0.39 is 11.5 Å². The molecule has 27 heavy (non-hydrogen) atoms. The molecule has 0 aliphatic carbocycles. The summed E-state index contributed by atoms with van der Waals surface area (Å²) in [6.45, 7) is 1.92. The molecule has 0 aliphatic heterocycles. The second-order valence-electron chi connectivity index (χ2n) is 5.97. The molecule has 1 aromatic carbocycles. The minimum Gasteiger partial charge on any atom is -0.478 e. The number of carboxylic acids is 1. The summed E-state index contributed by atoms with van der Waals surface area (Å²) in [7, 11) is 0. The number of carboxylic acid groups (broad SMARTS) is 1. The predicted molar refractivity (Wildman–Crippen MR) is 102 cm³/mol. The first-order chi connectivity index (χ1) is 13.0. The fourth-order valence-corrected chi connectivity index (χ4v) is 3.24. The molecule has 0 fully saturated rings. The summed E-state index contributed by atoms with van der Waals surface area (Å²) in [4.78, 5) is 31.4. The van der Waals surface area contributed by atoms with Crippen LogP contribution in [0.5, 0.6) is 0 Å². The number of aromatic amines is 1. The van der Waals surface area contributed by atoms with Crippen molar-refractivity contribution in [3.8, 4) is 17.1 Å². The number of hydrogen-bond acceptors (Lipinski definition) is 5. The Labute approximate surface area is 157 Å². The monoisotopic (exact) mass is 379 g/mol. The van der Waals surface area contributed by atoms with Gasteiger partial charge in [0.2, 0.25) is 0 Å². The van der Waals surface area contributed by atoms with Crippen LogP contribution in [0.3, 0.4) is 0 Å². The number of benzene rings is 1. The first-order valence-corrected chi connectivity index (χ1v) is 8.41. The lowest BCUT2D eigenvalue weighted by atomic mass is 10.1. The van der Waals surface area contributed by atoms with Crippen molar-refractivity contribution in [2.24, 2.45) is 0 Å². The van der Waals surface area contributed by atoms with Gasteiger partial charge in [-0.3, -0.25) is 14.3 Å². The normalized spacial score (nSPS) is 11.0. The zero-order valence-corrected chi connectivity index (χ0v) is 14.9. The first-order valence-electron chi connectivity index (χ1n) is 8.00. The molecule has 0 aliphatic rings. The number of aromatic nitrogens is 3. The lowest BCUT2D eigenvalue weighted by Crippen LogP contribution is -2.18. The van der Waals surface area contributed by atoms with E-state index in [1.165, 1.54) is 12.3 Å². The molecule has 0 radical (unpaired) electrons. The van der Waals surface area contributed by atoms with Gasteiger partial charge in [0.1, 0.15) is 5.69 Å². The highest BCUT2D eigenvalue weighted by Crippen LogP contribution is 2.25. The van der Waals surface area contributed by atoms with Crippen LogP contribution in [0.25, 0.3) is 28.2 Å². The predicted octanol–water partition coefficient (Wildman–Crippen LogP) is 3.71. The minimum atomic E-state index is -1.24. The maximum Gasteiger partial charge on any atom is 0.336 e. The van der Waals surface area contributed by atoms with Crippen LogP contribution in [0, 0.1) is 11.7 Å². The standard InChI is InChI=1S/C19H13N3O4S/c1-10-4-2-5-11(8-10)22-16-15(17(23)21-19(22)27)12(18(24)25)9-13(20-16)14-6-3-7-26-14/h2-9H,1H3,(H,24,25)(H,21,23,27). The summed E-state index contributed by atoms with van der Waals surface area (Å²) in [6.07, 6.45) is 1.46. The Bertz CT molecular complexity index is 1300. The van der Waals surface area contributed by atoms with Crippen LogP contribution in [0.2, 0.25) is 0 Å². The van der Waals surface area contributed by atoms with Crippen molar-refractivity contribution < 1.29 is 14.3 Å². The first kappa shape index (κ1) is 16.9. The summed E-state index contributed by atoms with van der Waals surface area (Å²) in [5.74, 6) is -0.852. The highest BCUT2D eigenvalue weighted by Gasteiger charge is 2.20. The van der Waals surface area contributed by atoms with Gasteiger partial charge in [-0.1, -0.05) is 12.1 Å². The van der Waals surface area contributed by atoms with Gasteiger partial charge in [0.15, 0.2) is 16.2 Å². The number of hydrogen-bond donors (Lipinski definition) is 2. The van der Waals surface area contributed by atoms with Gasteiger partial charge in [0.25, 0.3) is 5.56 Å². The molecule has 0 bridgehead atoms. The molecule has 0 amide bonds. The van der Waals surface area contributed by atoms with Gasteiger partial charge in [0.05, 0.1) is 22.9 Å². The third-order valence-electron chi connectivity index (χ3n) is 4.13. The number of nitrogens with one attached hydrogen (secondary N) is 1. The highest BCUT2D eigenvalue weighted by atomic mass is 32.1. The fraction of sp³-hybridized carbons (Fsp3) is 0.0526. The van der Waals surface area contributed by atoms with Gasteiger partial charge in [-0.25, -0.2) is 9.78 Å².